The molecule has 1 amide bonds. The van der Waals surface area contributed by atoms with Crippen LogP contribution in [0, 0.1) is 0 Å². The van der Waals surface area contributed by atoms with E-state index in [4.69, 9.17) is 16.0 Å². The third-order valence-corrected chi connectivity index (χ3v) is 6.09. The maximum Gasteiger partial charge on any atom is 0.351 e. The van der Waals surface area contributed by atoms with Crippen molar-refractivity contribution in [2.24, 2.45) is 11.5 Å². The summed E-state index contributed by atoms with van der Waals surface area (Å²) in [5, 5.41) is 11.8. The van der Waals surface area contributed by atoms with Crippen molar-refractivity contribution in [3.05, 3.63) is 35.9 Å². The minimum absolute atomic E-state index is 0.0582. The van der Waals surface area contributed by atoms with Crippen molar-refractivity contribution < 1.29 is 28.7 Å². The van der Waals surface area contributed by atoms with Crippen LogP contribution in [0.4, 0.5) is 0 Å². The van der Waals surface area contributed by atoms with Crippen molar-refractivity contribution in [2.75, 3.05) is 13.1 Å². The first-order valence-corrected chi connectivity index (χ1v) is 11.4. The molecule has 29 heavy (non-hydrogen) atoms. The fraction of sp³-hybridized carbons (Fsp3) is 0.579. The van der Waals surface area contributed by atoms with Crippen LogP contribution in [0.25, 0.3) is 0 Å². The maximum atomic E-state index is 12.8. The van der Waals surface area contributed by atoms with Crippen LogP contribution in [-0.2, 0) is 25.1 Å². The van der Waals surface area contributed by atoms with Gasteiger partial charge < -0.3 is 26.8 Å². The molecular formula is C19H32N3O6P. The smallest absolute Gasteiger partial charge is 0.351 e. The second-order valence-electron chi connectivity index (χ2n) is 6.78. The standard InChI is InChI=1S/C19H32N3O6P/c20-13-5-4-9-16(19(24)25)28-29(26,27)18(10-6-14-21)22-17(23)12-11-15-7-2-1-3-8-15/h1-3,7-8,16,18H,4-6,9-14,20-21H2,(H,22,23)(H,24,25)(H,26,27). The molecule has 0 saturated carbocycles. The zero-order valence-corrected chi connectivity index (χ0v) is 17.4. The number of carbonyl (C=O) groups is 2. The Kier molecular flexibility index (Phi) is 11.7. The summed E-state index contributed by atoms with van der Waals surface area (Å²) < 4.78 is 17.9. The number of nitrogens with two attached hydrogens (primary N) is 2. The van der Waals surface area contributed by atoms with E-state index in [0.29, 0.717) is 32.2 Å². The van der Waals surface area contributed by atoms with Gasteiger partial charge in [0.25, 0.3) is 0 Å². The molecule has 0 aliphatic heterocycles. The van der Waals surface area contributed by atoms with Gasteiger partial charge in [0, 0.05) is 6.42 Å². The molecule has 0 bridgehead atoms. The molecule has 1 aromatic carbocycles. The lowest BCUT2D eigenvalue weighted by atomic mass is 10.1. The van der Waals surface area contributed by atoms with Crippen LogP contribution < -0.4 is 16.8 Å². The average molecular weight is 429 g/mol. The highest BCUT2D eigenvalue weighted by atomic mass is 31.2. The Morgan fingerprint density at radius 2 is 1.72 bits per heavy atom. The summed E-state index contributed by atoms with van der Waals surface area (Å²) in [6.07, 6.45) is 0.729. The summed E-state index contributed by atoms with van der Waals surface area (Å²) >= 11 is 0. The molecule has 0 fully saturated rings. The zero-order chi connectivity index (χ0) is 21.7. The van der Waals surface area contributed by atoms with Crippen LogP contribution in [-0.4, -0.2) is 46.9 Å². The minimum Gasteiger partial charge on any atom is -0.479 e. The minimum atomic E-state index is -4.44. The summed E-state index contributed by atoms with van der Waals surface area (Å²) in [4.78, 5) is 34.1. The lowest BCUT2D eigenvalue weighted by molar-refractivity contribution is -0.145. The molecule has 0 heterocycles. The summed E-state index contributed by atoms with van der Waals surface area (Å²) in [7, 11) is -4.44. The highest BCUT2D eigenvalue weighted by molar-refractivity contribution is 7.53. The first kappa shape index (κ1) is 25.3. The number of aryl methyl sites for hydroxylation is 1. The molecule has 3 atom stereocenters. The predicted octanol–water partition coefficient (Wildman–Crippen LogP) is 1.58. The number of rotatable bonds is 15. The molecule has 0 radical (unpaired) electrons. The van der Waals surface area contributed by atoms with E-state index >= 15 is 0 Å². The number of amides is 1. The van der Waals surface area contributed by atoms with Crippen molar-refractivity contribution in [1.82, 2.24) is 5.32 Å². The lowest BCUT2D eigenvalue weighted by Crippen LogP contribution is -2.37. The fourth-order valence-corrected chi connectivity index (χ4v) is 4.26. The van der Waals surface area contributed by atoms with Gasteiger partial charge >= 0.3 is 13.6 Å². The fourth-order valence-electron chi connectivity index (χ4n) is 2.74. The molecule has 0 aromatic heterocycles. The maximum absolute atomic E-state index is 12.8. The van der Waals surface area contributed by atoms with Crippen LogP contribution in [0.5, 0.6) is 0 Å². The van der Waals surface area contributed by atoms with Crippen LogP contribution in [0.1, 0.15) is 44.1 Å². The first-order chi connectivity index (χ1) is 13.8. The largest absolute Gasteiger partial charge is 0.479 e. The van der Waals surface area contributed by atoms with Gasteiger partial charge in [-0.2, -0.15) is 0 Å². The molecule has 0 spiro atoms. The van der Waals surface area contributed by atoms with Crippen molar-refractivity contribution in [2.45, 2.75) is 56.8 Å². The van der Waals surface area contributed by atoms with E-state index in [-0.39, 0.29) is 25.8 Å². The molecular weight excluding hydrogens is 397 g/mol. The summed E-state index contributed by atoms with van der Waals surface area (Å²) in [6, 6.07) is 9.38. The van der Waals surface area contributed by atoms with Crippen molar-refractivity contribution in [3.8, 4) is 0 Å². The molecule has 0 saturated heterocycles. The second kappa shape index (κ2) is 13.5. The number of unbranched alkanes of at least 4 members (excludes halogenated alkanes) is 1. The summed E-state index contributed by atoms with van der Waals surface area (Å²) in [5.41, 5.74) is 11.8. The summed E-state index contributed by atoms with van der Waals surface area (Å²) in [5.74, 6) is -2.96. The number of carbonyl (C=O) groups excluding carboxylic acids is 1. The highest BCUT2D eigenvalue weighted by Crippen LogP contribution is 2.49. The quantitative estimate of drug-likeness (QED) is 0.207. The molecule has 9 nitrogen and oxygen atoms in total. The first-order valence-electron chi connectivity index (χ1n) is 9.77. The number of hydrogen-bond acceptors (Lipinski definition) is 6. The number of benzene rings is 1. The SMILES string of the molecule is NCCCCC(OP(=O)(O)C(CCCN)NC(=O)CCc1ccccc1)C(=O)O. The number of aliphatic carboxylic acids is 1. The van der Waals surface area contributed by atoms with E-state index in [9.17, 15) is 24.2 Å². The molecule has 10 heteroatoms. The van der Waals surface area contributed by atoms with E-state index in [0.717, 1.165) is 5.56 Å². The Labute approximate surface area is 171 Å². The topological polar surface area (TPSA) is 165 Å². The van der Waals surface area contributed by atoms with Gasteiger partial charge in [-0.05, 0) is 57.2 Å². The Hall–Kier alpha value is -1.77. The Morgan fingerprint density at radius 1 is 1.07 bits per heavy atom. The van der Waals surface area contributed by atoms with E-state index in [1.165, 1.54) is 0 Å². The normalized spacial score (nSPS) is 15.3. The van der Waals surface area contributed by atoms with Crippen molar-refractivity contribution in [3.63, 3.8) is 0 Å². The van der Waals surface area contributed by atoms with Crippen molar-refractivity contribution in [1.29, 1.82) is 0 Å². The van der Waals surface area contributed by atoms with E-state index in [1.54, 1.807) is 0 Å². The number of hydrogen-bond donors (Lipinski definition) is 5. The number of carboxylic acid groups (broad SMARTS) is 1. The third-order valence-electron chi connectivity index (χ3n) is 4.36. The van der Waals surface area contributed by atoms with Gasteiger partial charge in [0.05, 0.1) is 0 Å². The van der Waals surface area contributed by atoms with Gasteiger partial charge in [0.2, 0.25) is 5.91 Å². The molecule has 1 rings (SSSR count). The van der Waals surface area contributed by atoms with E-state index < -0.39 is 31.4 Å². The van der Waals surface area contributed by atoms with Gasteiger partial charge in [-0.1, -0.05) is 30.3 Å². The zero-order valence-electron chi connectivity index (χ0n) is 16.5. The molecule has 164 valence electrons. The molecule has 7 N–H and O–H groups in total. The number of carboxylic acids is 1. The van der Waals surface area contributed by atoms with Gasteiger partial charge in [-0.25, -0.2) is 4.79 Å². The van der Waals surface area contributed by atoms with Crippen LogP contribution in [0.2, 0.25) is 0 Å². The van der Waals surface area contributed by atoms with Gasteiger partial charge in [-0.15, -0.1) is 0 Å². The Balaban J connectivity index is 2.74. The van der Waals surface area contributed by atoms with Gasteiger partial charge in [0.1, 0.15) is 5.78 Å². The van der Waals surface area contributed by atoms with E-state index in [1.807, 2.05) is 30.3 Å². The third kappa shape index (κ3) is 10.0. The number of nitrogens with one attached hydrogen (secondary N) is 1. The van der Waals surface area contributed by atoms with Crippen LogP contribution >= 0.6 is 7.60 Å². The van der Waals surface area contributed by atoms with Crippen LogP contribution in [0.15, 0.2) is 30.3 Å². The average Bonchev–Trinajstić information content (AvgIpc) is 2.69. The van der Waals surface area contributed by atoms with Crippen LogP contribution in [0.3, 0.4) is 0 Å². The lowest BCUT2D eigenvalue weighted by Gasteiger charge is -2.26. The second-order valence-corrected chi connectivity index (χ2v) is 8.74. The molecule has 0 aliphatic rings. The molecule has 3 unspecified atom stereocenters. The molecule has 0 aliphatic carbocycles. The van der Waals surface area contributed by atoms with E-state index in [2.05, 4.69) is 5.32 Å². The monoisotopic (exact) mass is 429 g/mol. The molecule has 1 aromatic rings. The Morgan fingerprint density at radius 3 is 2.31 bits per heavy atom. The highest BCUT2D eigenvalue weighted by Gasteiger charge is 2.37. The predicted molar refractivity (Wildman–Crippen MR) is 110 cm³/mol. The van der Waals surface area contributed by atoms with Gasteiger partial charge in [0.15, 0.2) is 6.10 Å². The van der Waals surface area contributed by atoms with Crippen molar-refractivity contribution >= 4 is 19.5 Å². The summed E-state index contributed by atoms with van der Waals surface area (Å²) in [6.45, 7) is 0.648. The van der Waals surface area contributed by atoms with Gasteiger partial charge in [-0.3, -0.25) is 13.9 Å². The Bertz CT molecular complexity index is 673.